The summed E-state index contributed by atoms with van der Waals surface area (Å²) in [6, 6.07) is 0. The number of anilines is 1. The van der Waals surface area contributed by atoms with Gasteiger partial charge in [0.25, 0.3) is 0 Å². The van der Waals surface area contributed by atoms with E-state index in [1.165, 1.54) is 22.1 Å². The lowest BCUT2D eigenvalue weighted by atomic mass is 10.1. The quantitative estimate of drug-likeness (QED) is 0.386. The Kier molecular flexibility index (Phi) is 6.63. The monoisotopic (exact) mass is 408 g/mol. The van der Waals surface area contributed by atoms with Gasteiger partial charge in [0.15, 0.2) is 23.9 Å². The van der Waals surface area contributed by atoms with Gasteiger partial charge in [-0.3, -0.25) is 9.36 Å². The lowest BCUT2D eigenvalue weighted by molar-refractivity contribution is -0.185. The fourth-order valence-corrected chi connectivity index (χ4v) is 3.54. The van der Waals surface area contributed by atoms with Crippen molar-refractivity contribution in [3.63, 3.8) is 0 Å². The molecule has 1 unspecified atom stereocenters. The molecule has 1 saturated heterocycles. The van der Waals surface area contributed by atoms with Crippen molar-refractivity contribution in [2.45, 2.75) is 70.5 Å². The van der Waals surface area contributed by atoms with E-state index in [4.69, 9.17) is 15.2 Å². The van der Waals surface area contributed by atoms with E-state index >= 15 is 0 Å². The second-order valence-electron chi connectivity index (χ2n) is 6.96. The first-order chi connectivity index (χ1) is 14.0. The van der Waals surface area contributed by atoms with Crippen molar-refractivity contribution in [2.75, 3.05) is 12.3 Å². The second kappa shape index (κ2) is 8.99. The van der Waals surface area contributed by atoms with Gasteiger partial charge >= 0.3 is 0 Å². The van der Waals surface area contributed by atoms with E-state index in [2.05, 4.69) is 15.0 Å². The van der Waals surface area contributed by atoms with E-state index in [1.54, 1.807) is 6.92 Å². The topological polar surface area (TPSA) is 149 Å². The third kappa shape index (κ3) is 3.90. The number of likely N-dealkylation sites (N-methyl/N-ethyl adjacent to an activating group) is 1. The number of hydrogen-bond donors (Lipinski definition) is 3. The normalized spacial score (nSPS) is 25.6. The van der Waals surface area contributed by atoms with Gasteiger partial charge in [-0.25, -0.2) is 15.0 Å². The Hall–Kier alpha value is -2.34. The summed E-state index contributed by atoms with van der Waals surface area (Å²) in [7, 11) is 0. The summed E-state index contributed by atoms with van der Waals surface area (Å²) in [5.41, 5.74) is 6.56. The van der Waals surface area contributed by atoms with Gasteiger partial charge in [-0.15, -0.1) is 0 Å². The maximum absolute atomic E-state index is 11.6. The molecule has 3 heterocycles. The van der Waals surface area contributed by atoms with Crippen LogP contribution in [0.3, 0.4) is 0 Å². The first kappa shape index (κ1) is 21.4. The van der Waals surface area contributed by atoms with Crippen LogP contribution in [0.1, 0.15) is 39.8 Å². The van der Waals surface area contributed by atoms with Crippen LogP contribution in [-0.2, 0) is 14.3 Å². The van der Waals surface area contributed by atoms with Gasteiger partial charge in [-0.2, -0.15) is 0 Å². The minimum Gasteiger partial charge on any atom is -0.387 e. The van der Waals surface area contributed by atoms with E-state index in [0.717, 1.165) is 12.8 Å². The zero-order valence-electron chi connectivity index (χ0n) is 16.8. The summed E-state index contributed by atoms with van der Waals surface area (Å²) in [4.78, 5) is 25.2. The fourth-order valence-electron chi connectivity index (χ4n) is 3.54. The maximum atomic E-state index is 11.6. The summed E-state index contributed by atoms with van der Waals surface area (Å²) in [6.45, 7) is 6.12. The highest BCUT2D eigenvalue weighted by Crippen LogP contribution is 2.35. The van der Waals surface area contributed by atoms with Crippen LogP contribution < -0.4 is 5.73 Å². The number of fused-ring (bicyclic) bond motifs is 1. The summed E-state index contributed by atoms with van der Waals surface area (Å²) < 4.78 is 13.6. The van der Waals surface area contributed by atoms with Gasteiger partial charge in [0.2, 0.25) is 6.41 Å². The third-order valence-electron chi connectivity index (χ3n) is 5.29. The van der Waals surface area contributed by atoms with Crippen LogP contribution in [0.5, 0.6) is 0 Å². The Morgan fingerprint density at radius 2 is 2.00 bits per heavy atom. The first-order valence-corrected chi connectivity index (χ1v) is 9.77. The first-order valence-electron chi connectivity index (χ1n) is 9.77. The van der Waals surface area contributed by atoms with Gasteiger partial charge in [-0.05, 0) is 19.8 Å². The minimum atomic E-state index is -1.29. The standard InChI is InChI=1S/C18H28N6O5/c1-4-10(5-2)28-18(23(6-3)9-25)14-12(26)13(27)17(29-14)24-8-22-11-15(19)20-7-21-16(11)24/h7-10,12-14,17-18,26-27H,4-6H2,1-3H3,(H2,19,20,21)/t12-,13+,14-,17+,18?/m0/s1. The van der Waals surface area contributed by atoms with Crippen LogP contribution >= 0.6 is 0 Å². The molecular formula is C18H28N6O5. The predicted molar refractivity (Wildman–Crippen MR) is 103 cm³/mol. The Morgan fingerprint density at radius 3 is 2.62 bits per heavy atom. The number of aliphatic hydroxyl groups is 2. The van der Waals surface area contributed by atoms with Gasteiger partial charge in [0.1, 0.15) is 30.2 Å². The van der Waals surface area contributed by atoms with Crippen LogP contribution in [-0.4, -0.2) is 78.2 Å². The van der Waals surface area contributed by atoms with Crippen molar-refractivity contribution >= 4 is 23.4 Å². The molecule has 1 amide bonds. The van der Waals surface area contributed by atoms with Gasteiger partial charge < -0.3 is 30.3 Å². The Labute approximate surface area is 168 Å². The molecule has 1 fully saturated rings. The second-order valence-corrected chi connectivity index (χ2v) is 6.96. The number of ether oxygens (including phenoxy) is 2. The number of carbonyl (C=O) groups excluding carboxylic acids is 1. The number of rotatable bonds is 9. The highest BCUT2D eigenvalue weighted by atomic mass is 16.6. The van der Waals surface area contributed by atoms with Crippen molar-refractivity contribution in [1.29, 1.82) is 0 Å². The van der Waals surface area contributed by atoms with Gasteiger partial charge in [0.05, 0.1) is 12.4 Å². The largest absolute Gasteiger partial charge is 0.387 e. The number of nitrogens with zero attached hydrogens (tertiary/aromatic N) is 5. The molecule has 0 aliphatic carbocycles. The highest BCUT2D eigenvalue weighted by Gasteiger charge is 2.49. The van der Waals surface area contributed by atoms with Crippen LogP contribution in [0.2, 0.25) is 0 Å². The zero-order valence-corrected chi connectivity index (χ0v) is 16.8. The van der Waals surface area contributed by atoms with E-state index in [-0.39, 0.29) is 11.9 Å². The molecule has 11 heteroatoms. The lowest BCUT2D eigenvalue weighted by Gasteiger charge is -2.35. The van der Waals surface area contributed by atoms with E-state index < -0.39 is 30.8 Å². The molecule has 0 saturated carbocycles. The van der Waals surface area contributed by atoms with Gasteiger partial charge in [-0.1, -0.05) is 13.8 Å². The number of aromatic nitrogens is 4. The Bertz CT molecular complexity index is 828. The molecule has 2 aromatic heterocycles. The number of amides is 1. The van der Waals surface area contributed by atoms with Crippen LogP contribution in [0, 0.1) is 0 Å². The smallest absolute Gasteiger partial charge is 0.211 e. The third-order valence-corrected chi connectivity index (χ3v) is 5.29. The number of carbonyl (C=O) groups is 1. The molecule has 0 spiro atoms. The van der Waals surface area contributed by atoms with Crippen LogP contribution in [0.25, 0.3) is 11.2 Å². The molecule has 5 atom stereocenters. The molecule has 11 nitrogen and oxygen atoms in total. The molecule has 2 aromatic rings. The molecule has 160 valence electrons. The van der Waals surface area contributed by atoms with Crippen molar-refractivity contribution in [1.82, 2.24) is 24.4 Å². The number of hydrogen-bond acceptors (Lipinski definition) is 9. The van der Waals surface area contributed by atoms with Crippen molar-refractivity contribution in [3.8, 4) is 0 Å². The van der Waals surface area contributed by atoms with Crippen molar-refractivity contribution in [3.05, 3.63) is 12.7 Å². The molecule has 0 radical (unpaired) electrons. The van der Waals surface area contributed by atoms with Crippen molar-refractivity contribution in [2.24, 2.45) is 0 Å². The van der Waals surface area contributed by atoms with Crippen LogP contribution in [0.4, 0.5) is 5.82 Å². The van der Waals surface area contributed by atoms with Gasteiger partial charge in [0, 0.05) is 6.54 Å². The van der Waals surface area contributed by atoms with Crippen LogP contribution in [0.15, 0.2) is 12.7 Å². The molecule has 0 bridgehead atoms. The Balaban J connectivity index is 1.93. The molecule has 29 heavy (non-hydrogen) atoms. The number of imidazole rings is 1. The summed E-state index contributed by atoms with van der Waals surface area (Å²) >= 11 is 0. The average molecular weight is 408 g/mol. The van der Waals surface area contributed by atoms with E-state index in [1.807, 2.05) is 13.8 Å². The molecule has 1 aliphatic heterocycles. The molecule has 3 rings (SSSR count). The SMILES string of the molecule is CCC(CC)OC([C@H]1O[C@@H](n2cnc3c(N)ncnc32)[C@H](O)[C@@H]1O)N(C=O)CC. The molecular weight excluding hydrogens is 380 g/mol. The molecule has 1 aliphatic rings. The fraction of sp³-hybridized carbons (Fsp3) is 0.667. The average Bonchev–Trinajstić information content (AvgIpc) is 3.28. The summed E-state index contributed by atoms with van der Waals surface area (Å²) in [5.74, 6) is 0.200. The molecule has 0 aromatic carbocycles. The summed E-state index contributed by atoms with van der Waals surface area (Å²) in [6.07, 6.45) is -0.650. The number of aliphatic hydroxyl groups excluding tert-OH is 2. The van der Waals surface area contributed by atoms with E-state index in [9.17, 15) is 15.0 Å². The Morgan fingerprint density at radius 1 is 1.28 bits per heavy atom. The highest BCUT2D eigenvalue weighted by molar-refractivity contribution is 5.81. The number of nitrogen functional groups attached to an aromatic ring is 1. The van der Waals surface area contributed by atoms with Crippen molar-refractivity contribution < 1.29 is 24.5 Å². The molecule has 4 N–H and O–H groups in total. The maximum Gasteiger partial charge on any atom is 0.211 e. The van der Waals surface area contributed by atoms with E-state index in [0.29, 0.717) is 24.1 Å². The summed E-state index contributed by atoms with van der Waals surface area (Å²) in [5, 5.41) is 21.4. The predicted octanol–water partition coefficient (Wildman–Crippen LogP) is 0.0373. The zero-order chi connectivity index (χ0) is 21.1. The number of nitrogens with two attached hydrogens (primary N) is 1. The lowest BCUT2D eigenvalue weighted by Crippen LogP contribution is -2.51. The minimum absolute atomic E-state index is 0.123.